The van der Waals surface area contributed by atoms with Crippen molar-refractivity contribution >= 4 is 17.1 Å². The van der Waals surface area contributed by atoms with Crippen molar-refractivity contribution in [3.05, 3.63) is 176 Å². The van der Waals surface area contributed by atoms with E-state index in [-0.39, 0.29) is 0 Å². The fraction of sp³-hybridized carbons (Fsp3) is 0. The highest BCUT2D eigenvalue weighted by Crippen LogP contribution is 2.37. The summed E-state index contributed by atoms with van der Waals surface area (Å²) in [5.74, 6) is 0. The van der Waals surface area contributed by atoms with Crippen LogP contribution in [0.1, 0.15) is 0 Å². The molecule has 0 radical (unpaired) electrons. The summed E-state index contributed by atoms with van der Waals surface area (Å²) in [5.41, 5.74) is 12.2. The molecule has 0 fully saturated rings. The molecule has 0 aliphatic heterocycles. The first kappa shape index (κ1) is 26.1. The molecule has 0 amide bonds. The maximum absolute atomic E-state index is 4.69. The Hall–Kier alpha value is -5.80. The van der Waals surface area contributed by atoms with Crippen LogP contribution in [0, 0.1) is 0 Å². The number of rotatable bonds is 7. The Morgan fingerprint density at radius 3 is 1.16 bits per heavy atom. The molecule has 7 aromatic rings. The van der Waals surface area contributed by atoms with Crippen LogP contribution in [0.15, 0.2) is 176 Å². The number of pyridine rings is 2. The topological polar surface area (TPSA) is 29.0 Å². The Kier molecular flexibility index (Phi) is 7.27. The van der Waals surface area contributed by atoms with Crippen LogP contribution < -0.4 is 4.90 Å². The zero-order chi connectivity index (χ0) is 28.8. The lowest BCUT2D eigenvalue weighted by Gasteiger charge is -2.26. The highest BCUT2D eigenvalue weighted by atomic mass is 15.1. The van der Waals surface area contributed by atoms with E-state index in [1.165, 1.54) is 22.3 Å². The molecule has 0 bridgehead atoms. The molecule has 0 atom stereocenters. The monoisotopic (exact) mass is 551 g/mol. The Morgan fingerprint density at radius 1 is 0.326 bits per heavy atom. The Bertz CT molecular complexity index is 1820. The van der Waals surface area contributed by atoms with Gasteiger partial charge in [-0.2, -0.15) is 0 Å². The zero-order valence-electron chi connectivity index (χ0n) is 23.6. The molecule has 3 nitrogen and oxygen atoms in total. The molecule has 0 unspecified atom stereocenters. The van der Waals surface area contributed by atoms with Gasteiger partial charge in [-0.1, -0.05) is 103 Å². The lowest BCUT2D eigenvalue weighted by molar-refractivity contribution is 1.27. The summed E-state index contributed by atoms with van der Waals surface area (Å²) >= 11 is 0. The minimum Gasteiger partial charge on any atom is -0.311 e. The zero-order valence-corrected chi connectivity index (χ0v) is 23.6. The number of hydrogen-bond donors (Lipinski definition) is 0. The van der Waals surface area contributed by atoms with Crippen molar-refractivity contribution in [3.63, 3.8) is 0 Å². The van der Waals surface area contributed by atoms with E-state index in [0.29, 0.717) is 0 Å². The summed E-state index contributed by atoms with van der Waals surface area (Å²) < 4.78 is 0. The van der Waals surface area contributed by atoms with Gasteiger partial charge in [-0.15, -0.1) is 0 Å². The van der Waals surface area contributed by atoms with Gasteiger partial charge in [-0.3, -0.25) is 9.97 Å². The molecule has 0 N–H and O–H groups in total. The second-order valence-corrected chi connectivity index (χ2v) is 10.4. The Morgan fingerprint density at radius 2 is 0.744 bits per heavy atom. The van der Waals surface area contributed by atoms with Gasteiger partial charge in [0.25, 0.3) is 0 Å². The van der Waals surface area contributed by atoms with Gasteiger partial charge in [0.15, 0.2) is 0 Å². The van der Waals surface area contributed by atoms with Gasteiger partial charge < -0.3 is 4.90 Å². The van der Waals surface area contributed by atoms with Gasteiger partial charge in [0.2, 0.25) is 0 Å². The highest BCUT2D eigenvalue weighted by Gasteiger charge is 2.14. The van der Waals surface area contributed by atoms with Crippen molar-refractivity contribution in [2.45, 2.75) is 0 Å². The molecule has 0 saturated carbocycles. The number of hydrogen-bond acceptors (Lipinski definition) is 3. The third kappa shape index (κ3) is 5.70. The minimum absolute atomic E-state index is 0.914. The predicted molar refractivity (Wildman–Crippen MR) is 178 cm³/mol. The molecule has 0 spiro atoms. The van der Waals surface area contributed by atoms with Crippen LogP contribution in [-0.4, -0.2) is 9.97 Å². The summed E-state index contributed by atoms with van der Waals surface area (Å²) in [4.78, 5) is 11.2. The van der Waals surface area contributed by atoms with Gasteiger partial charge in [-0.25, -0.2) is 0 Å². The summed E-state index contributed by atoms with van der Waals surface area (Å²) in [5, 5.41) is 0. The van der Waals surface area contributed by atoms with E-state index in [1.54, 1.807) is 6.20 Å². The van der Waals surface area contributed by atoms with Crippen LogP contribution in [-0.2, 0) is 0 Å². The van der Waals surface area contributed by atoms with E-state index in [9.17, 15) is 0 Å². The smallest absolute Gasteiger partial charge is 0.0717 e. The van der Waals surface area contributed by atoms with E-state index >= 15 is 0 Å². The molecule has 43 heavy (non-hydrogen) atoms. The first-order valence-electron chi connectivity index (χ1n) is 14.4. The molecule has 5 aromatic carbocycles. The third-order valence-electron chi connectivity index (χ3n) is 7.64. The molecule has 204 valence electrons. The normalized spacial score (nSPS) is 10.8. The van der Waals surface area contributed by atoms with E-state index < -0.39 is 0 Å². The molecule has 0 saturated heterocycles. The Labute approximate surface area is 252 Å². The average Bonchev–Trinajstić information content (AvgIpc) is 3.11. The molecule has 2 aromatic heterocycles. The molecule has 0 aliphatic carbocycles. The van der Waals surface area contributed by atoms with Crippen molar-refractivity contribution in [1.82, 2.24) is 9.97 Å². The summed E-state index contributed by atoms with van der Waals surface area (Å²) in [6.45, 7) is 0. The number of benzene rings is 5. The van der Waals surface area contributed by atoms with Crippen LogP contribution >= 0.6 is 0 Å². The van der Waals surface area contributed by atoms with Crippen LogP contribution in [0.3, 0.4) is 0 Å². The van der Waals surface area contributed by atoms with Gasteiger partial charge in [0.1, 0.15) is 0 Å². The Balaban J connectivity index is 1.22. The lowest BCUT2D eigenvalue weighted by Crippen LogP contribution is -2.09. The van der Waals surface area contributed by atoms with Gasteiger partial charge in [0, 0.05) is 46.8 Å². The average molecular weight is 552 g/mol. The second kappa shape index (κ2) is 12.0. The van der Waals surface area contributed by atoms with E-state index in [1.807, 2.05) is 36.7 Å². The third-order valence-corrected chi connectivity index (χ3v) is 7.64. The standard InChI is InChI=1S/C40H29N3/c1-3-8-30(9-4-1)32-13-20-37(21-14-32)43(38-22-15-33(16-23-38)31-10-5-2-6-11-31)39-24-17-34(18-25-39)35-19-26-40(42-29-35)36-12-7-27-41-28-36/h1-29H. The fourth-order valence-corrected chi connectivity index (χ4v) is 5.37. The minimum atomic E-state index is 0.914. The van der Waals surface area contributed by atoms with Crippen molar-refractivity contribution < 1.29 is 0 Å². The van der Waals surface area contributed by atoms with Crippen LogP contribution in [0.4, 0.5) is 17.1 Å². The summed E-state index contributed by atoms with van der Waals surface area (Å²) in [6, 6.07) is 55.4. The van der Waals surface area contributed by atoms with E-state index in [4.69, 9.17) is 4.98 Å². The number of anilines is 3. The molecule has 7 rings (SSSR count). The van der Waals surface area contributed by atoms with E-state index in [0.717, 1.165) is 39.4 Å². The van der Waals surface area contributed by atoms with Gasteiger partial charge >= 0.3 is 0 Å². The molecule has 3 heteroatoms. The summed E-state index contributed by atoms with van der Waals surface area (Å²) in [6.07, 6.45) is 5.54. The predicted octanol–water partition coefficient (Wildman–Crippen LogP) is 10.6. The van der Waals surface area contributed by atoms with Crippen molar-refractivity contribution in [3.8, 4) is 44.6 Å². The van der Waals surface area contributed by atoms with Crippen molar-refractivity contribution in [2.24, 2.45) is 0 Å². The van der Waals surface area contributed by atoms with Crippen LogP contribution in [0.2, 0.25) is 0 Å². The summed E-state index contributed by atoms with van der Waals surface area (Å²) in [7, 11) is 0. The highest BCUT2D eigenvalue weighted by molar-refractivity contribution is 5.81. The lowest BCUT2D eigenvalue weighted by atomic mass is 10.0. The quantitative estimate of drug-likeness (QED) is 0.197. The SMILES string of the molecule is c1ccc(-c2ccc(N(c3ccc(-c4ccccc4)cc3)c3ccc(-c4ccc(-c5cccnc5)nc4)cc3)cc2)cc1. The second-order valence-electron chi connectivity index (χ2n) is 10.4. The molecular weight excluding hydrogens is 522 g/mol. The van der Waals surface area contributed by atoms with Gasteiger partial charge in [0.05, 0.1) is 5.69 Å². The maximum atomic E-state index is 4.69. The van der Waals surface area contributed by atoms with Crippen molar-refractivity contribution in [2.75, 3.05) is 4.90 Å². The first-order chi connectivity index (χ1) is 21.3. The van der Waals surface area contributed by atoms with Crippen LogP contribution in [0.5, 0.6) is 0 Å². The van der Waals surface area contributed by atoms with E-state index in [2.05, 4.69) is 143 Å². The molecular formula is C40H29N3. The fourth-order valence-electron chi connectivity index (χ4n) is 5.37. The van der Waals surface area contributed by atoms with Gasteiger partial charge in [-0.05, 0) is 82.4 Å². The maximum Gasteiger partial charge on any atom is 0.0717 e. The first-order valence-corrected chi connectivity index (χ1v) is 14.4. The molecule has 2 heterocycles. The number of nitrogens with zero attached hydrogens (tertiary/aromatic N) is 3. The number of aromatic nitrogens is 2. The van der Waals surface area contributed by atoms with Crippen LogP contribution in [0.25, 0.3) is 44.6 Å². The molecule has 0 aliphatic rings. The largest absolute Gasteiger partial charge is 0.311 e. The van der Waals surface area contributed by atoms with Crippen molar-refractivity contribution in [1.29, 1.82) is 0 Å².